The third-order valence-electron chi connectivity index (χ3n) is 2.43. The number of aliphatic hydroxyl groups is 1. The summed E-state index contributed by atoms with van der Waals surface area (Å²) in [7, 11) is 0. The number of nitrogens with zero attached hydrogens (tertiary/aromatic N) is 2. The summed E-state index contributed by atoms with van der Waals surface area (Å²) in [5.41, 5.74) is 0. The lowest BCUT2D eigenvalue weighted by atomic mass is 10.0. The standard InChI is InChI=1S/C11H20N2O/c1-4-6-13-7-5-12-11(13)8-10(14)9(2)3/h5,7,9-10,14H,4,6,8H2,1-3H3. The number of hydrogen-bond acceptors (Lipinski definition) is 2. The fourth-order valence-electron chi connectivity index (χ4n) is 1.40. The summed E-state index contributed by atoms with van der Waals surface area (Å²) in [6.07, 6.45) is 5.25. The molecule has 1 atom stereocenters. The van der Waals surface area contributed by atoms with Crippen LogP contribution in [0.1, 0.15) is 33.0 Å². The lowest BCUT2D eigenvalue weighted by Crippen LogP contribution is -2.20. The van der Waals surface area contributed by atoms with Crippen molar-refractivity contribution >= 4 is 0 Å². The Balaban J connectivity index is 2.61. The molecule has 0 aliphatic carbocycles. The lowest BCUT2D eigenvalue weighted by Gasteiger charge is -2.14. The van der Waals surface area contributed by atoms with E-state index in [1.165, 1.54) is 0 Å². The Morgan fingerprint density at radius 3 is 2.79 bits per heavy atom. The van der Waals surface area contributed by atoms with Crippen molar-refractivity contribution in [2.45, 2.75) is 46.3 Å². The van der Waals surface area contributed by atoms with Gasteiger partial charge in [-0.3, -0.25) is 0 Å². The van der Waals surface area contributed by atoms with Gasteiger partial charge in [0.15, 0.2) is 0 Å². The molecule has 14 heavy (non-hydrogen) atoms. The topological polar surface area (TPSA) is 38.0 Å². The fourth-order valence-corrected chi connectivity index (χ4v) is 1.40. The molecular weight excluding hydrogens is 176 g/mol. The quantitative estimate of drug-likeness (QED) is 0.780. The van der Waals surface area contributed by atoms with Crippen LogP contribution in [0.4, 0.5) is 0 Å². The molecule has 3 nitrogen and oxygen atoms in total. The van der Waals surface area contributed by atoms with E-state index in [4.69, 9.17) is 0 Å². The summed E-state index contributed by atoms with van der Waals surface area (Å²) in [5.74, 6) is 1.29. The largest absolute Gasteiger partial charge is 0.392 e. The van der Waals surface area contributed by atoms with E-state index in [0.29, 0.717) is 12.3 Å². The van der Waals surface area contributed by atoms with Crippen molar-refractivity contribution in [3.63, 3.8) is 0 Å². The second-order valence-corrected chi connectivity index (χ2v) is 4.05. The molecule has 0 saturated heterocycles. The number of aromatic nitrogens is 2. The smallest absolute Gasteiger partial charge is 0.111 e. The van der Waals surface area contributed by atoms with Crippen LogP contribution in [-0.4, -0.2) is 20.8 Å². The first-order valence-electron chi connectivity index (χ1n) is 5.33. The van der Waals surface area contributed by atoms with Crippen molar-refractivity contribution in [3.05, 3.63) is 18.2 Å². The van der Waals surface area contributed by atoms with Crippen LogP contribution in [-0.2, 0) is 13.0 Å². The van der Waals surface area contributed by atoms with Crippen molar-refractivity contribution in [1.29, 1.82) is 0 Å². The molecule has 0 amide bonds. The number of aliphatic hydroxyl groups excluding tert-OH is 1. The van der Waals surface area contributed by atoms with Crippen LogP contribution in [0, 0.1) is 5.92 Å². The second kappa shape index (κ2) is 5.15. The van der Waals surface area contributed by atoms with E-state index in [-0.39, 0.29) is 6.10 Å². The van der Waals surface area contributed by atoms with Gasteiger partial charge in [0.2, 0.25) is 0 Å². The maximum absolute atomic E-state index is 9.74. The summed E-state index contributed by atoms with van der Waals surface area (Å²) < 4.78 is 2.12. The van der Waals surface area contributed by atoms with Gasteiger partial charge >= 0.3 is 0 Å². The van der Waals surface area contributed by atoms with E-state index in [9.17, 15) is 5.11 Å². The van der Waals surface area contributed by atoms with E-state index >= 15 is 0 Å². The maximum atomic E-state index is 9.74. The molecule has 0 spiro atoms. The van der Waals surface area contributed by atoms with Crippen molar-refractivity contribution in [3.8, 4) is 0 Å². The predicted octanol–water partition coefficient (Wildman–Crippen LogP) is 1.85. The van der Waals surface area contributed by atoms with E-state index in [1.54, 1.807) is 6.20 Å². The molecule has 0 bridgehead atoms. The highest BCUT2D eigenvalue weighted by atomic mass is 16.3. The normalized spacial score (nSPS) is 13.5. The second-order valence-electron chi connectivity index (χ2n) is 4.05. The van der Waals surface area contributed by atoms with Gasteiger partial charge in [-0.1, -0.05) is 20.8 Å². The minimum atomic E-state index is -0.284. The summed E-state index contributed by atoms with van der Waals surface area (Å²) in [6, 6.07) is 0. The Bertz CT molecular complexity index is 268. The molecule has 0 aliphatic rings. The third-order valence-corrected chi connectivity index (χ3v) is 2.43. The predicted molar refractivity (Wildman–Crippen MR) is 57.1 cm³/mol. The minimum Gasteiger partial charge on any atom is -0.392 e. The number of imidazole rings is 1. The first-order chi connectivity index (χ1) is 6.65. The molecule has 0 aromatic carbocycles. The average molecular weight is 196 g/mol. The van der Waals surface area contributed by atoms with Gasteiger partial charge < -0.3 is 9.67 Å². The van der Waals surface area contributed by atoms with Gasteiger partial charge in [-0.2, -0.15) is 0 Å². The Labute approximate surface area is 85.8 Å². The van der Waals surface area contributed by atoms with Crippen LogP contribution >= 0.6 is 0 Å². The van der Waals surface area contributed by atoms with Crippen LogP contribution in [0.2, 0.25) is 0 Å². The van der Waals surface area contributed by atoms with Gasteiger partial charge in [0, 0.05) is 25.4 Å². The highest BCUT2D eigenvalue weighted by Gasteiger charge is 2.13. The van der Waals surface area contributed by atoms with Crippen molar-refractivity contribution in [2.24, 2.45) is 5.92 Å². The van der Waals surface area contributed by atoms with Crippen molar-refractivity contribution < 1.29 is 5.11 Å². The average Bonchev–Trinajstić information content (AvgIpc) is 2.53. The number of aryl methyl sites for hydroxylation is 1. The Kier molecular flexibility index (Phi) is 4.14. The summed E-state index contributed by atoms with van der Waals surface area (Å²) in [5, 5.41) is 9.74. The molecule has 0 saturated carbocycles. The highest BCUT2D eigenvalue weighted by molar-refractivity contribution is 4.94. The molecule has 3 heteroatoms. The molecule has 1 unspecified atom stereocenters. The first-order valence-corrected chi connectivity index (χ1v) is 5.33. The van der Waals surface area contributed by atoms with E-state index in [2.05, 4.69) is 16.5 Å². The van der Waals surface area contributed by atoms with Crippen molar-refractivity contribution in [1.82, 2.24) is 9.55 Å². The lowest BCUT2D eigenvalue weighted by molar-refractivity contribution is 0.122. The Morgan fingerprint density at radius 1 is 1.50 bits per heavy atom. The van der Waals surface area contributed by atoms with Crippen LogP contribution in [0.3, 0.4) is 0 Å². The molecule has 0 aliphatic heterocycles. The van der Waals surface area contributed by atoms with Crippen LogP contribution in [0.25, 0.3) is 0 Å². The highest BCUT2D eigenvalue weighted by Crippen LogP contribution is 2.09. The summed E-state index contributed by atoms with van der Waals surface area (Å²) >= 11 is 0. The summed E-state index contributed by atoms with van der Waals surface area (Å²) in [4.78, 5) is 4.26. The fraction of sp³-hybridized carbons (Fsp3) is 0.727. The molecule has 1 N–H and O–H groups in total. The van der Waals surface area contributed by atoms with Gasteiger partial charge in [-0.05, 0) is 12.3 Å². The van der Waals surface area contributed by atoms with Crippen molar-refractivity contribution in [2.75, 3.05) is 0 Å². The third kappa shape index (κ3) is 2.84. The number of rotatable bonds is 5. The maximum Gasteiger partial charge on any atom is 0.111 e. The van der Waals surface area contributed by atoms with E-state index in [1.807, 2.05) is 20.0 Å². The molecule has 1 aromatic heterocycles. The molecule has 80 valence electrons. The van der Waals surface area contributed by atoms with Crippen LogP contribution in [0.5, 0.6) is 0 Å². The Hall–Kier alpha value is -0.830. The summed E-state index contributed by atoms with van der Waals surface area (Å²) in [6.45, 7) is 7.18. The molecular formula is C11H20N2O. The Morgan fingerprint density at radius 2 is 2.21 bits per heavy atom. The van der Waals surface area contributed by atoms with Gasteiger partial charge in [-0.15, -0.1) is 0 Å². The molecule has 0 fully saturated rings. The zero-order chi connectivity index (χ0) is 10.6. The number of hydrogen-bond donors (Lipinski definition) is 1. The van der Waals surface area contributed by atoms with Gasteiger partial charge in [0.05, 0.1) is 6.10 Å². The first kappa shape index (κ1) is 11.2. The van der Waals surface area contributed by atoms with E-state index in [0.717, 1.165) is 18.8 Å². The van der Waals surface area contributed by atoms with Gasteiger partial charge in [0.1, 0.15) is 5.82 Å². The molecule has 1 aromatic rings. The van der Waals surface area contributed by atoms with Crippen LogP contribution in [0.15, 0.2) is 12.4 Å². The minimum absolute atomic E-state index is 0.284. The van der Waals surface area contributed by atoms with E-state index < -0.39 is 0 Å². The van der Waals surface area contributed by atoms with Crippen LogP contribution < -0.4 is 0 Å². The molecule has 1 rings (SSSR count). The zero-order valence-corrected chi connectivity index (χ0v) is 9.27. The monoisotopic (exact) mass is 196 g/mol. The zero-order valence-electron chi connectivity index (χ0n) is 9.27. The van der Waals surface area contributed by atoms with Gasteiger partial charge in [-0.25, -0.2) is 4.98 Å². The molecule has 1 heterocycles. The van der Waals surface area contributed by atoms with Gasteiger partial charge in [0.25, 0.3) is 0 Å². The molecule has 0 radical (unpaired) electrons. The SMILES string of the molecule is CCCn1ccnc1CC(O)C(C)C.